The van der Waals surface area contributed by atoms with Crippen molar-refractivity contribution in [2.75, 3.05) is 18.5 Å². The van der Waals surface area contributed by atoms with Crippen LogP contribution in [-0.2, 0) is 24.3 Å². The van der Waals surface area contributed by atoms with Crippen LogP contribution in [0, 0.1) is 0 Å². The molecule has 120 valence electrons. The summed E-state index contributed by atoms with van der Waals surface area (Å²) < 4.78 is 0. The maximum Gasteiger partial charge on any atom is 0.223 e. The molecule has 1 heterocycles. The lowest BCUT2D eigenvalue weighted by atomic mass is 10.1. The minimum Gasteiger partial charge on any atom is -0.316 e. The van der Waals surface area contributed by atoms with E-state index in [2.05, 4.69) is 23.1 Å². The second-order valence-corrected chi connectivity index (χ2v) is 6.56. The molecule has 0 saturated carbocycles. The molecule has 2 aromatic rings. The van der Waals surface area contributed by atoms with Crippen molar-refractivity contribution in [1.29, 1.82) is 0 Å². The second-order valence-electron chi connectivity index (χ2n) is 6.12. The monoisotopic (exact) mass is 328 g/mol. The molecule has 1 aliphatic rings. The van der Waals surface area contributed by atoms with E-state index in [-0.39, 0.29) is 5.91 Å². The fraction of sp³-hybridized carbons (Fsp3) is 0.316. The highest BCUT2D eigenvalue weighted by atomic mass is 35.5. The molecule has 1 aliphatic heterocycles. The highest BCUT2D eigenvalue weighted by Crippen LogP contribution is 2.27. The highest BCUT2D eigenvalue weighted by Gasteiger charge is 2.20. The molecule has 3 rings (SSSR count). The third kappa shape index (κ3) is 3.74. The maximum absolute atomic E-state index is 11.5. The summed E-state index contributed by atoms with van der Waals surface area (Å²) in [4.78, 5) is 15.6. The molecule has 23 heavy (non-hydrogen) atoms. The lowest BCUT2D eigenvalue weighted by molar-refractivity contribution is -0.116. The molecule has 0 unspecified atom stereocenters. The first kappa shape index (κ1) is 16.0. The predicted octanol–water partition coefficient (Wildman–Crippen LogP) is 3.88. The Morgan fingerprint density at radius 1 is 1.17 bits per heavy atom. The Hall–Kier alpha value is -1.84. The molecule has 0 fully saturated rings. The van der Waals surface area contributed by atoms with Gasteiger partial charge in [0.25, 0.3) is 0 Å². The van der Waals surface area contributed by atoms with E-state index in [1.54, 1.807) is 11.8 Å². The summed E-state index contributed by atoms with van der Waals surface area (Å²) in [6, 6.07) is 14.4. The quantitative estimate of drug-likeness (QED) is 0.850. The molecular formula is C19H21ClN2O. The fourth-order valence-electron chi connectivity index (χ4n) is 2.98. The summed E-state index contributed by atoms with van der Waals surface area (Å²) in [6.45, 7) is 4.51. The summed E-state index contributed by atoms with van der Waals surface area (Å²) in [5.41, 5.74) is 4.91. The van der Waals surface area contributed by atoms with Crippen molar-refractivity contribution in [2.45, 2.75) is 26.4 Å². The van der Waals surface area contributed by atoms with E-state index in [1.165, 1.54) is 16.7 Å². The second kappa shape index (κ2) is 6.73. The van der Waals surface area contributed by atoms with Crippen LogP contribution in [0.5, 0.6) is 0 Å². The number of fused-ring (bicyclic) bond motifs is 1. The van der Waals surface area contributed by atoms with Crippen LogP contribution in [0.25, 0.3) is 0 Å². The van der Waals surface area contributed by atoms with Gasteiger partial charge in [0.05, 0.1) is 0 Å². The Morgan fingerprint density at radius 2 is 1.96 bits per heavy atom. The van der Waals surface area contributed by atoms with E-state index in [1.807, 2.05) is 31.3 Å². The summed E-state index contributed by atoms with van der Waals surface area (Å²) in [5, 5.41) is 0.795. The first-order chi connectivity index (χ1) is 11.0. The number of hydrogen-bond donors (Lipinski definition) is 0. The zero-order valence-electron chi connectivity index (χ0n) is 13.6. The number of anilines is 1. The molecule has 0 radical (unpaired) electrons. The van der Waals surface area contributed by atoms with Gasteiger partial charge >= 0.3 is 0 Å². The third-order valence-corrected chi connectivity index (χ3v) is 4.68. The molecule has 4 heteroatoms. The van der Waals surface area contributed by atoms with Crippen molar-refractivity contribution in [2.24, 2.45) is 0 Å². The average molecular weight is 329 g/mol. The SMILES string of the molecule is CC(=O)N(C)c1ccc2c(c1)CN(CCc1cccc(Cl)c1)C2. The molecule has 0 saturated heterocycles. The van der Waals surface area contributed by atoms with Crippen molar-refractivity contribution < 1.29 is 4.79 Å². The highest BCUT2D eigenvalue weighted by molar-refractivity contribution is 6.30. The van der Waals surface area contributed by atoms with Crippen molar-refractivity contribution in [3.8, 4) is 0 Å². The number of rotatable bonds is 4. The Kier molecular flexibility index (Phi) is 4.69. The van der Waals surface area contributed by atoms with Gasteiger partial charge in [0.15, 0.2) is 0 Å². The van der Waals surface area contributed by atoms with Gasteiger partial charge in [0.2, 0.25) is 5.91 Å². The first-order valence-electron chi connectivity index (χ1n) is 7.86. The number of benzene rings is 2. The molecule has 0 bridgehead atoms. The summed E-state index contributed by atoms with van der Waals surface area (Å²) in [5.74, 6) is 0.0563. The number of halogens is 1. The van der Waals surface area contributed by atoms with E-state index in [4.69, 9.17) is 11.6 Å². The smallest absolute Gasteiger partial charge is 0.223 e. The van der Waals surface area contributed by atoms with Gasteiger partial charge in [0, 0.05) is 44.3 Å². The molecule has 0 aliphatic carbocycles. The Labute approximate surface area is 142 Å². The summed E-state index contributed by atoms with van der Waals surface area (Å²) >= 11 is 6.04. The van der Waals surface area contributed by atoms with Gasteiger partial charge < -0.3 is 4.90 Å². The predicted molar refractivity (Wildman–Crippen MR) is 94.8 cm³/mol. The molecule has 3 nitrogen and oxygen atoms in total. The van der Waals surface area contributed by atoms with Gasteiger partial charge in [-0.25, -0.2) is 0 Å². The van der Waals surface area contributed by atoms with Crippen LogP contribution in [0.15, 0.2) is 42.5 Å². The standard InChI is InChI=1S/C19H21ClN2O/c1-14(23)21(2)19-7-6-16-12-22(13-17(16)11-19)9-8-15-4-3-5-18(20)10-15/h3-7,10-11H,8-9,12-13H2,1-2H3. The van der Waals surface area contributed by atoms with E-state index in [0.717, 1.165) is 36.8 Å². The van der Waals surface area contributed by atoms with Gasteiger partial charge in [-0.3, -0.25) is 9.69 Å². The van der Waals surface area contributed by atoms with Gasteiger partial charge in [0.1, 0.15) is 0 Å². The van der Waals surface area contributed by atoms with Crippen LogP contribution < -0.4 is 4.90 Å². The average Bonchev–Trinajstić information content (AvgIpc) is 2.94. The van der Waals surface area contributed by atoms with E-state index < -0.39 is 0 Å². The molecule has 1 amide bonds. The van der Waals surface area contributed by atoms with Gasteiger partial charge in [-0.15, -0.1) is 0 Å². The normalized spacial score (nSPS) is 13.9. The lowest BCUT2D eigenvalue weighted by Gasteiger charge is -2.16. The van der Waals surface area contributed by atoms with Crippen molar-refractivity contribution in [3.05, 3.63) is 64.2 Å². The van der Waals surface area contributed by atoms with Crippen LogP contribution in [0.1, 0.15) is 23.6 Å². The number of nitrogens with zero attached hydrogens (tertiary/aromatic N) is 2. The Bertz CT molecular complexity index is 729. The van der Waals surface area contributed by atoms with Crippen LogP contribution in [0.3, 0.4) is 0 Å². The lowest BCUT2D eigenvalue weighted by Crippen LogP contribution is -2.22. The number of carbonyl (C=O) groups is 1. The summed E-state index contributed by atoms with van der Waals surface area (Å²) in [7, 11) is 1.82. The minimum atomic E-state index is 0.0563. The van der Waals surface area contributed by atoms with Gasteiger partial charge in [-0.05, 0) is 47.4 Å². The maximum atomic E-state index is 11.5. The molecule has 2 aromatic carbocycles. The van der Waals surface area contributed by atoms with Crippen LogP contribution in [-0.4, -0.2) is 24.4 Å². The molecule has 0 aromatic heterocycles. The zero-order chi connectivity index (χ0) is 16.4. The Balaban J connectivity index is 1.64. The van der Waals surface area contributed by atoms with E-state index >= 15 is 0 Å². The molecule has 0 atom stereocenters. The van der Waals surface area contributed by atoms with Crippen LogP contribution >= 0.6 is 11.6 Å². The van der Waals surface area contributed by atoms with E-state index in [0.29, 0.717) is 0 Å². The summed E-state index contributed by atoms with van der Waals surface area (Å²) in [6.07, 6.45) is 0.995. The number of amides is 1. The molecule has 0 N–H and O–H groups in total. The fourth-order valence-corrected chi connectivity index (χ4v) is 3.19. The van der Waals surface area contributed by atoms with Crippen molar-refractivity contribution >= 4 is 23.2 Å². The first-order valence-corrected chi connectivity index (χ1v) is 8.23. The van der Waals surface area contributed by atoms with Gasteiger partial charge in [-0.1, -0.05) is 29.8 Å². The molecule has 0 spiro atoms. The van der Waals surface area contributed by atoms with Crippen molar-refractivity contribution in [3.63, 3.8) is 0 Å². The zero-order valence-corrected chi connectivity index (χ0v) is 14.3. The van der Waals surface area contributed by atoms with Gasteiger partial charge in [-0.2, -0.15) is 0 Å². The Morgan fingerprint density at radius 3 is 2.70 bits per heavy atom. The van der Waals surface area contributed by atoms with Crippen LogP contribution in [0.4, 0.5) is 5.69 Å². The third-order valence-electron chi connectivity index (χ3n) is 4.44. The largest absolute Gasteiger partial charge is 0.316 e. The van der Waals surface area contributed by atoms with Crippen molar-refractivity contribution in [1.82, 2.24) is 4.90 Å². The number of hydrogen-bond acceptors (Lipinski definition) is 2. The molecular weight excluding hydrogens is 308 g/mol. The van der Waals surface area contributed by atoms with E-state index in [9.17, 15) is 4.79 Å². The topological polar surface area (TPSA) is 23.6 Å². The minimum absolute atomic E-state index is 0.0563. The van der Waals surface area contributed by atoms with Crippen LogP contribution in [0.2, 0.25) is 5.02 Å². The number of carbonyl (C=O) groups excluding carboxylic acids is 1.